The third kappa shape index (κ3) is 2.06. The SMILES string of the molecule is C\C=C/C=c1/cc2ccccc2c/c1=C/C. The Morgan fingerprint density at radius 1 is 0.875 bits per heavy atom. The molecule has 0 nitrogen and oxygen atoms in total. The van der Waals surface area contributed by atoms with Crippen molar-refractivity contribution in [2.75, 3.05) is 0 Å². The first-order chi connectivity index (χ1) is 7.85. The van der Waals surface area contributed by atoms with Gasteiger partial charge in [0.1, 0.15) is 0 Å². The first-order valence-corrected chi connectivity index (χ1v) is 5.63. The fraction of sp³-hybridized carbons (Fsp3) is 0.125. The van der Waals surface area contributed by atoms with Crippen LogP contribution in [0.3, 0.4) is 0 Å². The third-order valence-corrected chi connectivity index (χ3v) is 2.73. The molecular weight excluding hydrogens is 192 g/mol. The summed E-state index contributed by atoms with van der Waals surface area (Å²) >= 11 is 0. The summed E-state index contributed by atoms with van der Waals surface area (Å²) in [5.74, 6) is 0. The standard InChI is InChI=1S/C16H16/c1-3-5-8-14-12-16-10-7-6-9-15(16)11-13(14)4-2/h3-12H,1-2H3/b5-3-,13-4-,14-8-. The molecule has 2 aromatic carbocycles. The van der Waals surface area contributed by atoms with Gasteiger partial charge in [-0.3, -0.25) is 0 Å². The van der Waals surface area contributed by atoms with Gasteiger partial charge < -0.3 is 0 Å². The lowest BCUT2D eigenvalue weighted by Crippen LogP contribution is -2.23. The Hall–Kier alpha value is -1.82. The summed E-state index contributed by atoms with van der Waals surface area (Å²) < 4.78 is 0. The van der Waals surface area contributed by atoms with Gasteiger partial charge in [-0.1, -0.05) is 48.6 Å². The number of fused-ring (bicyclic) bond motifs is 1. The summed E-state index contributed by atoms with van der Waals surface area (Å²) in [6.07, 6.45) is 8.44. The van der Waals surface area contributed by atoms with E-state index in [1.807, 2.05) is 6.92 Å². The van der Waals surface area contributed by atoms with E-state index in [1.165, 1.54) is 21.2 Å². The second-order valence-electron chi connectivity index (χ2n) is 3.81. The molecule has 2 aromatic rings. The van der Waals surface area contributed by atoms with Gasteiger partial charge in [-0.2, -0.15) is 0 Å². The van der Waals surface area contributed by atoms with E-state index < -0.39 is 0 Å². The van der Waals surface area contributed by atoms with Gasteiger partial charge in [0.15, 0.2) is 0 Å². The van der Waals surface area contributed by atoms with Gasteiger partial charge in [0, 0.05) is 0 Å². The van der Waals surface area contributed by atoms with Crippen LogP contribution >= 0.6 is 0 Å². The van der Waals surface area contributed by atoms with Crippen molar-refractivity contribution in [3.05, 3.63) is 59.0 Å². The van der Waals surface area contributed by atoms with Crippen LogP contribution in [0, 0.1) is 0 Å². The zero-order valence-electron chi connectivity index (χ0n) is 9.77. The van der Waals surface area contributed by atoms with Crippen LogP contribution in [-0.2, 0) is 0 Å². The van der Waals surface area contributed by atoms with Crippen molar-refractivity contribution in [1.29, 1.82) is 0 Å². The molecule has 0 spiro atoms. The first-order valence-electron chi connectivity index (χ1n) is 5.63. The topological polar surface area (TPSA) is 0 Å². The van der Waals surface area contributed by atoms with Gasteiger partial charge >= 0.3 is 0 Å². The molecule has 0 heteroatoms. The van der Waals surface area contributed by atoms with Gasteiger partial charge in [-0.15, -0.1) is 0 Å². The lowest BCUT2D eigenvalue weighted by atomic mass is 10.1. The van der Waals surface area contributed by atoms with Crippen molar-refractivity contribution in [3.63, 3.8) is 0 Å². The summed E-state index contributed by atoms with van der Waals surface area (Å²) in [6.45, 7) is 4.12. The van der Waals surface area contributed by atoms with Crippen LogP contribution in [0.1, 0.15) is 13.8 Å². The number of hydrogen-bond donors (Lipinski definition) is 0. The Morgan fingerprint density at radius 3 is 2.06 bits per heavy atom. The van der Waals surface area contributed by atoms with Crippen molar-refractivity contribution >= 4 is 22.9 Å². The van der Waals surface area contributed by atoms with Crippen LogP contribution in [0.25, 0.3) is 22.9 Å². The van der Waals surface area contributed by atoms with Crippen LogP contribution in [0.2, 0.25) is 0 Å². The Kier molecular flexibility index (Phi) is 3.21. The smallest absolute Gasteiger partial charge is 0.0178 e. The molecule has 0 aromatic heterocycles. The minimum atomic E-state index is 1.28. The van der Waals surface area contributed by atoms with Gasteiger partial charge in [-0.25, -0.2) is 0 Å². The number of benzene rings is 2. The second-order valence-corrected chi connectivity index (χ2v) is 3.81. The zero-order valence-corrected chi connectivity index (χ0v) is 9.77. The molecule has 0 aliphatic heterocycles. The monoisotopic (exact) mass is 208 g/mol. The van der Waals surface area contributed by atoms with Crippen LogP contribution in [0.5, 0.6) is 0 Å². The van der Waals surface area contributed by atoms with E-state index in [4.69, 9.17) is 0 Å². The van der Waals surface area contributed by atoms with Crippen LogP contribution in [-0.4, -0.2) is 0 Å². The van der Waals surface area contributed by atoms with Crippen molar-refractivity contribution in [2.45, 2.75) is 13.8 Å². The Labute approximate surface area is 96.2 Å². The fourth-order valence-electron chi connectivity index (χ4n) is 1.87. The third-order valence-electron chi connectivity index (χ3n) is 2.73. The predicted molar refractivity (Wildman–Crippen MR) is 72.6 cm³/mol. The number of allylic oxidation sites excluding steroid dienone is 2. The molecule has 0 saturated carbocycles. The molecule has 0 saturated heterocycles. The number of hydrogen-bond acceptors (Lipinski definition) is 0. The van der Waals surface area contributed by atoms with Gasteiger partial charge in [-0.05, 0) is 47.2 Å². The van der Waals surface area contributed by atoms with E-state index in [0.29, 0.717) is 0 Å². The van der Waals surface area contributed by atoms with Crippen LogP contribution in [0.4, 0.5) is 0 Å². The molecule has 0 unspecified atom stereocenters. The Balaban J connectivity index is 2.84. The van der Waals surface area contributed by atoms with Crippen molar-refractivity contribution in [2.24, 2.45) is 0 Å². The summed E-state index contributed by atoms with van der Waals surface area (Å²) in [6, 6.07) is 13.0. The van der Waals surface area contributed by atoms with Crippen molar-refractivity contribution < 1.29 is 0 Å². The molecule has 0 fully saturated rings. The zero-order chi connectivity index (χ0) is 11.4. The molecule has 0 heterocycles. The summed E-state index contributed by atoms with van der Waals surface area (Å²) in [5, 5.41) is 5.16. The van der Waals surface area contributed by atoms with Gasteiger partial charge in [0.25, 0.3) is 0 Å². The average Bonchev–Trinajstić information content (AvgIpc) is 2.35. The van der Waals surface area contributed by atoms with E-state index in [2.05, 4.69) is 67.6 Å². The summed E-state index contributed by atoms with van der Waals surface area (Å²) in [5.41, 5.74) is 0. The molecular formula is C16H16. The molecule has 0 bridgehead atoms. The normalized spacial score (nSPS) is 14.1. The van der Waals surface area contributed by atoms with E-state index in [0.717, 1.165) is 0 Å². The molecule has 80 valence electrons. The van der Waals surface area contributed by atoms with E-state index >= 15 is 0 Å². The molecule has 0 atom stereocenters. The first kappa shape index (κ1) is 10.7. The molecule has 0 amide bonds. The average molecular weight is 208 g/mol. The minimum Gasteiger partial charge on any atom is -0.0876 e. The molecule has 0 N–H and O–H groups in total. The van der Waals surface area contributed by atoms with E-state index in [-0.39, 0.29) is 0 Å². The van der Waals surface area contributed by atoms with E-state index in [9.17, 15) is 0 Å². The van der Waals surface area contributed by atoms with E-state index in [1.54, 1.807) is 0 Å². The summed E-state index contributed by atoms with van der Waals surface area (Å²) in [7, 11) is 0. The van der Waals surface area contributed by atoms with Crippen molar-refractivity contribution in [3.8, 4) is 0 Å². The quantitative estimate of drug-likeness (QED) is 0.676. The van der Waals surface area contributed by atoms with Gasteiger partial charge in [0.05, 0.1) is 0 Å². The van der Waals surface area contributed by atoms with Crippen LogP contribution < -0.4 is 10.4 Å². The predicted octanol–water partition coefficient (Wildman–Crippen LogP) is 3.00. The van der Waals surface area contributed by atoms with Gasteiger partial charge in [0.2, 0.25) is 0 Å². The molecule has 0 aliphatic rings. The largest absolute Gasteiger partial charge is 0.0876 e. The molecule has 0 radical (unpaired) electrons. The number of rotatable bonds is 1. The maximum absolute atomic E-state index is 2.24. The maximum atomic E-state index is 2.24. The lowest BCUT2D eigenvalue weighted by molar-refractivity contribution is 1.55. The maximum Gasteiger partial charge on any atom is -0.0178 e. The molecule has 0 aliphatic carbocycles. The minimum absolute atomic E-state index is 1.28. The van der Waals surface area contributed by atoms with Crippen molar-refractivity contribution in [1.82, 2.24) is 0 Å². The Bertz CT molecular complexity index is 631. The highest BCUT2D eigenvalue weighted by molar-refractivity contribution is 5.82. The Morgan fingerprint density at radius 2 is 1.50 bits per heavy atom. The molecule has 16 heavy (non-hydrogen) atoms. The highest BCUT2D eigenvalue weighted by Gasteiger charge is 1.91. The van der Waals surface area contributed by atoms with Crippen LogP contribution in [0.15, 0.2) is 48.6 Å². The molecule has 2 rings (SSSR count). The second kappa shape index (κ2) is 4.80. The highest BCUT2D eigenvalue weighted by atomic mass is 14.0. The fourth-order valence-corrected chi connectivity index (χ4v) is 1.87. The summed E-state index contributed by atoms with van der Waals surface area (Å²) in [4.78, 5) is 0. The highest BCUT2D eigenvalue weighted by Crippen LogP contribution is 2.07. The lowest BCUT2D eigenvalue weighted by Gasteiger charge is -1.97.